The molecule has 0 radical (unpaired) electrons. The summed E-state index contributed by atoms with van der Waals surface area (Å²) < 4.78 is 5.19. The predicted octanol–water partition coefficient (Wildman–Crippen LogP) is 3.37. The van der Waals surface area contributed by atoms with Gasteiger partial charge in [0.1, 0.15) is 13.2 Å². The van der Waals surface area contributed by atoms with Crippen LogP contribution >= 0.6 is 11.8 Å². The van der Waals surface area contributed by atoms with Crippen LogP contribution in [0.2, 0.25) is 0 Å². The molecule has 1 unspecified atom stereocenters. The number of amides is 1. The summed E-state index contributed by atoms with van der Waals surface area (Å²) in [5.74, 6) is -0.184. The first kappa shape index (κ1) is 21.3. The molecule has 1 amide bonds. The number of ketones is 1. The third-order valence-electron chi connectivity index (χ3n) is 4.86. The number of thioether (sulfide) groups is 1. The summed E-state index contributed by atoms with van der Waals surface area (Å²) >= 11 is 1.64. The minimum Gasteiger partial charge on any atom is -0.445 e. The maximum absolute atomic E-state index is 12.5. The lowest BCUT2D eigenvalue weighted by Crippen LogP contribution is -2.42. The SMILES string of the molecule is CCC(NC(=O)OCc1ccccc1)C(=O)Cn1nnc(SC2CCCCC2)n1. The smallest absolute Gasteiger partial charge is 0.408 e. The molecule has 1 aliphatic carbocycles. The number of ether oxygens (including phenoxy) is 1. The molecule has 2 aromatic rings. The van der Waals surface area contributed by atoms with Crippen LogP contribution in [0.3, 0.4) is 0 Å². The van der Waals surface area contributed by atoms with Gasteiger partial charge in [0, 0.05) is 5.25 Å². The molecule has 1 aliphatic rings. The summed E-state index contributed by atoms with van der Waals surface area (Å²) in [5.41, 5.74) is 0.886. The van der Waals surface area contributed by atoms with Crippen molar-refractivity contribution in [3.8, 4) is 0 Å². The third-order valence-corrected chi connectivity index (χ3v) is 6.04. The van der Waals surface area contributed by atoms with E-state index >= 15 is 0 Å². The quantitative estimate of drug-likeness (QED) is 0.668. The molecule has 8 nitrogen and oxygen atoms in total. The lowest BCUT2D eigenvalue weighted by atomic mass is 10.0. The molecular formula is C20H27N5O3S. The van der Waals surface area contributed by atoms with Crippen LogP contribution < -0.4 is 5.32 Å². The Labute approximate surface area is 174 Å². The Hall–Kier alpha value is -2.42. The Morgan fingerprint density at radius 3 is 2.72 bits per heavy atom. The van der Waals surface area contributed by atoms with E-state index in [9.17, 15) is 9.59 Å². The largest absolute Gasteiger partial charge is 0.445 e. The highest BCUT2D eigenvalue weighted by atomic mass is 32.2. The van der Waals surface area contributed by atoms with E-state index in [4.69, 9.17) is 4.74 Å². The van der Waals surface area contributed by atoms with Crippen molar-refractivity contribution in [3.63, 3.8) is 0 Å². The summed E-state index contributed by atoms with van der Waals surface area (Å²) in [4.78, 5) is 25.9. The van der Waals surface area contributed by atoms with Gasteiger partial charge < -0.3 is 10.1 Å². The van der Waals surface area contributed by atoms with Crippen LogP contribution in [0.15, 0.2) is 35.5 Å². The van der Waals surface area contributed by atoms with Crippen LogP contribution in [0.5, 0.6) is 0 Å². The molecule has 1 aromatic carbocycles. The minimum atomic E-state index is -0.654. The zero-order chi connectivity index (χ0) is 20.5. The van der Waals surface area contributed by atoms with E-state index in [1.165, 1.54) is 36.9 Å². The summed E-state index contributed by atoms with van der Waals surface area (Å²) in [6, 6.07) is 8.73. The van der Waals surface area contributed by atoms with Crippen molar-refractivity contribution < 1.29 is 14.3 Å². The number of hydrogen-bond donors (Lipinski definition) is 1. The summed E-state index contributed by atoms with van der Waals surface area (Å²) in [6.07, 6.45) is 5.97. The molecule has 3 rings (SSSR count). The number of nitrogens with one attached hydrogen (secondary N) is 1. The van der Waals surface area contributed by atoms with Gasteiger partial charge in [-0.3, -0.25) is 4.79 Å². The number of rotatable bonds is 9. The van der Waals surface area contributed by atoms with Gasteiger partial charge in [-0.25, -0.2) is 4.79 Å². The van der Waals surface area contributed by atoms with E-state index in [1.54, 1.807) is 11.8 Å². The van der Waals surface area contributed by atoms with Crippen molar-refractivity contribution in [2.75, 3.05) is 0 Å². The van der Waals surface area contributed by atoms with Gasteiger partial charge in [0.25, 0.3) is 0 Å². The molecule has 1 heterocycles. The van der Waals surface area contributed by atoms with Crippen LogP contribution in [-0.2, 0) is 22.7 Å². The average molecular weight is 418 g/mol. The number of tetrazole rings is 1. The third kappa shape index (κ3) is 6.85. The van der Waals surface area contributed by atoms with Gasteiger partial charge in [0.15, 0.2) is 5.78 Å². The number of aromatic nitrogens is 4. The van der Waals surface area contributed by atoms with Crippen LogP contribution in [-0.4, -0.2) is 43.4 Å². The molecule has 0 aliphatic heterocycles. The van der Waals surface area contributed by atoms with Gasteiger partial charge in [0.2, 0.25) is 5.16 Å². The molecule has 29 heavy (non-hydrogen) atoms. The van der Waals surface area contributed by atoms with E-state index < -0.39 is 12.1 Å². The number of hydrogen-bond acceptors (Lipinski definition) is 7. The second kappa shape index (κ2) is 10.9. The maximum atomic E-state index is 12.5. The van der Waals surface area contributed by atoms with Crippen LogP contribution in [0.1, 0.15) is 51.0 Å². The Morgan fingerprint density at radius 2 is 2.00 bits per heavy atom. The maximum Gasteiger partial charge on any atom is 0.408 e. The Bertz CT molecular complexity index is 792. The summed E-state index contributed by atoms with van der Waals surface area (Å²) in [6.45, 7) is 1.96. The van der Waals surface area contributed by atoms with E-state index in [0.717, 1.165) is 5.56 Å². The van der Waals surface area contributed by atoms with Crippen LogP contribution in [0.4, 0.5) is 4.79 Å². The first-order valence-corrected chi connectivity index (χ1v) is 11.0. The molecule has 1 fully saturated rings. The topological polar surface area (TPSA) is 99.0 Å². The molecule has 1 N–H and O–H groups in total. The summed E-state index contributed by atoms with van der Waals surface area (Å²) in [7, 11) is 0. The monoisotopic (exact) mass is 417 g/mol. The number of Topliss-reactive ketones (excluding diaryl/α,β-unsaturated/α-hetero) is 1. The number of benzene rings is 1. The van der Waals surface area contributed by atoms with Crippen LogP contribution in [0.25, 0.3) is 0 Å². The number of nitrogens with zero attached hydrogens (tertiary/aromatic N) is 4. The van der Waals surface area contributed by atoms with Gasteiger partial charge in [-0.15, -0.1) is 10.2 Å². The minimum absolute atomic E-state index is 0.0320. The Balaban J connectivity index is 1.46. The van der Waals surface area contributed by atoms with Gasteiger partial charge in [-0.1, -0.05) is 68.3 Å². The summed E-state index contributed by atoms with van der Waals surface area (Å²) in [5, 5.41) is 16.1. The molecule has 0 saturated heterocycles. The van der Waals surface area contributed by atoms with Gasteiger partial charge in [-0.2, -0.15) is 4.80 Å². The van der Waals surface area contributed by atoms with Crippen molar-refractivity contribution in [3.05, 3.63) is 35.9 Å². The molecule has 0 spiro atoms. The molecule has 1 saturated carbocycles. The van der Waals surface area contributed by atoms with Crippen molar-refractivity contribution >= 4 is 23.6 Å². The molecule has 0 bridgehead atoms. The second-order valence-corrected chi connectivity index (χ2v) is 8.38. The highest BCUT2D eigenvalue weighted by Crippen LogP contribution is 2.31. The average Bonchev–Trinajstić information content (AvgIpc) is 3.18. The Morgan fingerprint density at radius 1 is 1.24 bits per heavy atom. The van der Waals surface area contributed by atoms with E-state index in [-0.39, 0.29) is 18.9 Å². The van der Waals surface area contributed by atoms with Gasteiger partial charge in [-0.05, 0) is 30.0 Å². The second-order valence-electron chi connectivity index (χ2n) is 7.11. The van der Waals surface area contributed by atoms with Gasteiger partial charge in [0.05, 0.1) is 6.04 Å². The van der Waals surface area contributed by atoms with E-state index in [1.807, 2.05) is 37.3 Å². The van der Waals surface area contributed by atoms with E-state index in [2.05, 4.69) is 20.7 Å². The normalized spacial score (nSPS) is 15.6. The van der Waals surface area contributed by atoms with Gasteiger partial charge >= 0.3 is 6.09 Å². The Kier molecular flexibility index (Phi) is 8.03. The molecule has 1 atom stereocenters. The fraction of sp³-hybridized carbons (Fsp3) is 0.550. The zero-order valence-corrected chi connectivity index (χ0v) is 17.4. The first-order valence-electron chi connectivity index (χ1n) is 10.1. The molecule has 9 heteroatoms. The first-order chi connectivity index (χ1) is 14.1. The highest BCUT2D eigenvalue weighted by Gasteiger charge is 2.22. The van der Waals surface area contributed by atoms with Crippen molar-refractivity contribution in [1.82, 2.24) is 25.5 Å². The lowest BCUT2D eigenvalue weighted by Gasteiger charge is -2.18. The number of carbonyl (C=O) groups is 2. The van der Waals surface area contributed by atoms with Crippen LogP contribution in [0, 0.1) is 0 Å². The molecule has 156 valence electrons. The lowest BCUT2D eigenvalue weighted by molar-refractivity contribution is -0.122. The van der Waals surface area contributed by atoms with E-state index in [0.29, 0.717) is 16.8 Å². The van der Waals surface area contributed by atoms with Crippen molar-refractivity contribution in [1.29, 1.82) is 0 Å². The fourth-order valence-corrected chi connectivity index (χ4v) is 4.33. The predicted molar refractivity (Wildman–Crippen MR) is 109 cm³/mol. The standard InChI is InChI=1S/C20H27N5O3S/c1-2-17(21-20(27)28-14-15-9-5-3-6-10-15)18(26)13-25-23-19(22-24-25)29-16-11-7-4-8-12-16/h3,5-6,9-10,16-17H,2,4,7-8,11-14H2,1H3,(H,21,27). The molecular weight excluding hydrogens is 390 g/mol. The number of carbonyl (C=O) groups excluding carboxylic acids is 2. The zero-order valence-electron chi connectivity index (χ0n) is 16.6. The number of alkyl carbamates (subject to hydrolysis) is 1. The van der Waals surface area contributed by atoms with Crippen molar-refractivity contribution in [2.24, 2.45) is 0 Å². The van der Waals surface area contributed by atoms with Crippen molar-refractivity contribution in [2.45, 2.75) is 75.0 Å². The highest BCUT2D eigenvalue weighted by molar-refractivity contribution is 7.99. The molecule has 1 aromatic heterocycles. The fourth-order valence-electron chi connectivity index (χ4n) is 3.24.